The molecule has 9 heteroatoms. The third-order valence-corrected chi connectivity index (χ3v) is 10.4. The topological polar surface area (TPSA) is 61.8 Å². The van der Waals surface area contributed by atoms with Crippen molar-refractivity contribution in [1.82, 2.24) is 0 Å². The van der Waals surface area contributed by atoms with Crippen molar-refractivity contribution in [2.45, 2.75) is 26.2 Å². The summed E-state index contributed by atoms with van der Waals surface area (Å²) < 4.78 is 18.2. The molecule has 2 aromatic carbocycles. The summed E-state index contributed by atoms with van der Waals surface area (Å²) >= 11 is 10.9. The first-order valence-electron chi connectivity index (χ1n) is 9.03. The summed E-state index contributed by atoms with van der Waals surface area (Å²) in [4.78, 5) is 22.2. The molecule has 0 aromatic heterocycles. The molecule has 0 atom stereocenters. The van der Waals surface area contributed by atoms with E-state index in [1.165, 1.54) is 0 Å². The van der Waals surface area contributed by atoms with Crippen LogP contribution in [-0.2, 0) is 4.12 Å². The Kier molecular flexibility index (Phi) is 8.07. The highest BCUT2D eigenvalue weighted by atomic mass is 35.5. The van der Waals surface area contributed by atoms with E-state index >= 15 is 0 Å². The first-order chi connectivity index (χ1) is 13.5. The molecule has 0 unspecified atom stereocenters. The zero-order valence-corrected chi connectivity index (χ0v) is 20.3. The minimum atomic E-state index is -2.11. The molecule has 0 aliphatic carbocycles. The molecule has 0 saturated heterocycles. The van der Waals surface area contributed by atoms with Crippen LogP contribution in [0.25, 0.3) is 0 Å². The molecule has 0 amide bonds. The molecule has 156 valence electrons. The summed E-state index contributed by atoms with van der Waals surface area (Å²) in [5, 5.41) is -0.988. The number of ether oxygens (including phenoxy) is 2. The molecular weight excluding hydrogens is 447 g/mol. The summed E-state index contributed by atoms with van der Waals surface area (Å²) in [6, 6.07) is 13.4. The number of carbonyl (C=O) groups excluding carboxylic acids is 2. The van der Waals surface area contributed by atoms with Crippen LogP contribution in [0.4, 0.5) is 0 Å². The van der Waals surface area contributed by atoms with E-state index in [1.807, 2.05) is 0 Å². The van der Waals surface area contributed by atoms with Gasteiger partial charge in [-0.25, -0.2) is 0 Å². The molecule has 2 aromatic rings. The molecule has 2 rings (SSSR count). The fraction of sp³-hybridized carbons (Fsp3) is 0.300. The molecule has 0 bridgehead atoms. The lowest BCUT2D eigenvalue weighted by atomic mass is 10.2. The number of rotatable bonds is 10. The third-order valence-electron chi connectivity index (χ3n) is 3.89. The van der Waals surface area contributed by atoms with Gasteiger partial charge in [-0.1, -0.05) is 0 Å². The summed E-state index contributed by atoms with van der Waals surface area (Å²) in [6.45, 7) is 8.39. The minimum Gasteiger partial charge on any atom is -0.494 e. The van der Waals surface area contributed by atoms with Crippen LogP contribution in [0.15, 0.2) is 48.5 Å². The number of hydrogen-bond acceptors (Lipinski definition) is 5. The molecule has 5 nitrogen and oxygen atoms in total. The predicted molar refractivity (Wildman–Crippen MR) is 120 cm³/mol. The van der Waals surface area contributed by atoms with Crippen LogP contribution in [0.3, 0.4) is 0 Å². The van der Waals surface area contributed by atoms with Crippen LogP contribution in [0.5, 0.6) is 11.5 Å². The van der Waals surface area contributed by atoms with Gasteiger partial charge in [0.1, 0.15) is 24.0 Å². The van der Waals surface area contributed by atoms with Crippen molar-refractivity contribution in [2.24, 2.45) is 0 Å². The normalized spacial score (nSPS) is 11.8. The fourth-order valence-electron chi connectivity index (χ4n) is 2.69. The predicted octanol–water partition coefficient (Wildman–Crippen LogP) is 5.41. The summed E-state index contributed by atoms with van der Waals surface area (Å²) in [5.74, 6) is 1.33. The Labute approximate surface area is 183 Å². The number of benzene rings is 2. The van der Waals surface area contributed by atoms with Crippen molar-refractivity contribution in [3.8, 4) is 11.5 Å². The molecule has 0 heterocycles. The Morgan fingerprint density at radius 1 is 0.690 bits per heavy atom. The van der Waals surface area contributed by atoms with Gasteiger partial charge in [-0.2, -0.15) is 0 Å². The van der Waals surface area contributed by atoms with E-state index in [1.54, 1.807) is 48.5 Å². The highest BCUT2D eigenvalue weighted by molar-refractivity contribution is 6.84. The quantitative estimate of drug-likeness (QED) is 0.343. The van der Waals surface area contributed by atoms with Gasteiger partial charge in [0.05, 0.1) is 0 Å². The van der Waals surface area contributed by atoms with Gasteiger partial charge in [0.15, 0.2) is 0 Å². The second-order valence-electron chi connectivity index (χ2n) is 7.79. The SMILES string of the molecule is C[Si](C)(COc1ccc(C(=O)Cl)cc1)O[Si](C)(C)COc1ccc(C(=O)Cl)cc1. The van der Waals surface area contributed by atoms with Crippen molar-refractivity contribution < 1.29 is 23.2 Å². The Morgan fingerprint density at radius 3 is 1.28 bits per heavy atom. The molecule has 0 saturated carbocycles. The van der Waals surface area contributed by atoms with E-state index in [2.05, 4.69) is 26.2 Å². The van der Waals surface area contributed by atoms with Gasteiger partial charge in [0.25, 0.3) is 10.5 Å². The molecule has 0 fully saturated rings. The maximum atomic E-state index is 11.1. The van der Waals surface area contributed by atoms with Crippen LogP contribution >= 0.6 is 23.2 Å². The zero-order valence-electron chi connectivity index (χ0n) is 16.8. The standard InChI is InChI=1S/C20H24Cl2O5Si2/c1-28(2,13-25-17-9-5-15(6-10-17)19(21)23)27-29(3,4)14-26-18-11-7-16(8-12-18)20(22)24/h5-12H,13-14H2,1-4H3. The van der Waals surface area contributed by atoms with Crippen molar-refractivity contribution in [3.63, 3.8) is 0 Å². The molecule has 0 N–H and O–H groups in total. The van der Waals surface area contributed by atoms with E-state index in [4.69, 9.17) is 36.8 Å². The lowest BCUT2D eigenvalue weighted by Gasteiger charge is -2.33. The van der Waals surface area contributed by atoms with Crippen LogP contribution < -0.4 is 9.47 Å². The van der Waals surface area contributed by atoms with Gasteiger partial charge in [-0.15, -0.1) is 0 Å². The lowest BCUT2D eigenvalue weighted by molar-refractivity contribution is 0.107. The van der Waals surface area contributed by atoms with E-state index < -0.39 is 27.1 Å². The summed E-state index contributed by atoms with van der Waals surface area (Å²) in [5.41, 5.74) is 0.863. The first-order valence-corrected chi connectivity index (χ1v) is 16.0. The van der Waals surface area contributed by atoms with Gasteiger partial charge in [-0.05, 0) is 97.9 Å². The Morgan fingerprint density at radius 2 is 1.00 bits per heavy atom. The van der Waals surface area contributed by atoms with Gasteiger partial charge in [-0.3, -0.25) is 9.59 Å². The lowest BCUT2D eigenvalue weighted by Crippen LogP contribution is -2.51. The number of halogens is 2. The second kappa shape index (κ2) is 9.91. The molecule has 0 radical (unpaired) electrons. The van der Waals surface area contributed by atoms with E-state index in [-0.39, 0.29) is 0 Å². The first kappa shape index (κ1) is 23.6. The van der Waals surface area contributed by atoms with E-state index in [0.29, 0.717) is 35.1 Å². The zero-order chi connectivity index (χ0) is 21.7. The molecule has 0 aliphatic heterocycles. The van der Waals surface area contributed by atoms with Crippen molar-refractivity contribution in [2.75, 3.05) is 12.5 Å². The van der Waals surface area contributed by atoms with Gasteiger partial charge in [0, 0.05) is 11.1 Å². The maximum absolute atomic E-state index is 11.1. The molecule has 0 aliphatic rings. The fourth-order valence-corrected chi connectivity index (χ4v) is 10.4. The van der Waals surface area contributed by atoms with Crippen molar-refractivity contribution in [1.29, 1.82) is 0 Å². The largest absolute Gasteiger partial charge is 0.494 e. The maximum Gasteiger partial charge on any atom is 0.252 e. The van der Waals surface area contributed by atoms with Crippen LogP contribution in [0, 0.1) is 0 Å². The van der Waals surface area contributed by atoms with Gasteiger partial charge >= 0.3 is 0 Å². The second-order valence-corrected chi connectivity index (χ2v) is 16.9. The number of carbonyl (C=O) groups is 2. The van der Waals surface area contributed by atoms with Gasteiger partial charge in [0.2, 0.25) is 16.6 Å². The average molecular weight is 471 g/mol. The Bertz CT molecular complexity index is 781. The Balaban J connectivity index is 1.87. The van der Waals surface area contributed by atoms with E-state index in [0.717, 1.165) is 0 Å². The minimum absolute atomic E-state index is 0.431. The third kappa shape index (κ3) is 7.95. The smallest absolute Gasteiger partial charge is 0.252 e. The molecular formula is C20H24Cl2O5Si2. The average Bonchev–Trinajstić information content (AvgIpc) is 2.65. The highest BCUT2D eigenvalue weighted by Gasteiger charge is 2.34. The Hall–Kier alpha value is -1.65. The molecule has 0 spiro atoms. The van der Waals surface area contributed by atoms with Gasteiger partial charge < -0.3 is 13.6 Å². The van der Waals surface area contributed by atoms with Crippen LogP contribution in [-0.4, -0.2) is 39.6 Å². The summed E-state index contributed by atoms with van der Waals surface area (Å²) in [6.07, 6.45) is 0.953. The van der Waals surface area contributed by atoms with E-state index in [9.17, 15) is 9.59 Å². The molecule has 29 heavy (non-hydrogen) atoms. The highest BCUT2D eigenvalue weighted by Crippen LogP contribution is 2.20. The van der Waals surface area contributed by atoms with Crippen molar-refractivity contribution in [3.05, 3.63) is 59.7 Å². The van der Waals surface area contributed by atoms with Crippen LogP contribution in [0.2, 0.25) is 26.2 Å². The summed E-state index contributed by atoms with van der Waals surface area (Å²) in [7, 11) is -4.23. The monoisotopic (exact) mass is 470 g/mol. The van der Waals surface area contributed by atoms with Crippen molar-refractivity contribution >= 4 is 50.3 Å². The van der Waals surface area contributed by atoms with Crippen LogP contribution in [0.1, 0.15) is 20.7 Å². The number of hydrogen-bond donors (Lipinski definition) is 0.